The summed E-state index contributed by atoms with van der Waals surface area (Å²) in [6, 6.07) is 8.63. The number of methoxy groups -OCH3 is 1. The van der Waals surface area contributed by atoms with E-state index < -0.39 is 0 Å². The van der Waals surface area contributed by atoms with Gasteiger partial charge in [-0.3, -0.25) is 0 Å². The van der Waals surface area contributed by atoms with Crippen LogP contribution in [0.5, 0.6) is 5.75 Å². The third-order valence-electron chi connectivity index (χ3n) is 4.54. The van der Waals surface area contributed by atoms with Crippen molar-refractivity contribution in [2.45, 2.75) is 50.4 Å². The lowest BCUT2D eigenvalue weighted by atomic mass is 9.94. The van der Waals surface area contributed by atoms with Gasteiger partial charge in [0.15, 0.2) is 0 Å². The molecule has 3 heteroatoms. The molecular formula is C16H23NO2. The van der Waals surface area contributed by atoms with E-state index in [4.69, 9.17) is 9.47 Å². The van der Waals surface area contributed by atoms with Gasteiger partial charge in [0, 0.05) is 12.6 Å². The molecule has 2 aliphatic rings. The van der Waals surface area contributed by atoms with E-state index in [1.807, 2.05) is 12.1 Å². The monoisotopic (exact) mass is 261 g/mol. The Morgan fingerprint density at radius 3 is 2.53 bits per heavy atom. The lowest BCUT2D eigenvalue weighted by Gasteiger charge is -2.43. The minimum atomic E-state index is 0.0805. The molecule has 1 aromatic carbocycles. The molecule has 1 heterocycles. The molecule has 3 rings (SSSR count). The minimum absolute atomic E-state index is 0.0805. The lowest BCUT2D eigenvalue weighted by Crippen LogP contribution is -2.53. The average molecular weight is 261 g/mol. The summed E-state index contributed by atoms with van der Waals surface area (Å²) in [6.07, 6.45) is 5.13. The zero-order valence-electron chi connectivity index (χ0n) is 11.8. The summed E-state index contributed by atoms with van der Waals surface area (Å²) in [5, 5.41) is 3.64. The minimum Gasteiger partial charge on any atom is -0.497 e. The van der Waals surface area contributed by atoms with E-state index in [0.29, 0.717) is 6.04 Å². The van der Waals surface area contributed by atoms with Gasteiger partial charge in [-0.15, -0.1) is 0 Å². The van der Waals surface area contributed by atoms with E-state index in [-0.39, 0.29) is 11.7 Å². The fraction of sp³-hybridized carbons (Fsp3) is 0.625. The Hall–Kier alpha value is -1.06. The van der Waals surface area contributed by atoms with Gasteiger partial charge in [-0.25, -0.2) is 0 Å². The van der Waals surface area contributed by atoms with Gasteiger partial charge in [-0.2, -0.15) is 0 Å². The highest BCUT2D eigenvalue weighted by Gasteiger charge is 2.42. The smallest absolute Gasteiger partial charge is 0.118 e. The predicted molar refractivity (Wildman–Crippen MR) is 75.5 cm³/mol. The van der Waals surface area contributed by atoms with Crippen LogP contribution in [0.2, 0.25) is 0 Å². The van der Waals surface area contributed by atoms with Crippen molar-refractivity contribution in [3.63, 3.8) is 0 Å². The first-order chi connectivity index (χ1) is 9.22. The molecule has 2 unspecified atom stereocenters. The van der Waals surface area contributed by atoms with Crippen molar-refractivity contribution in [1.29, 1.82) is 0 Å². The van der Waals surface area contributed by atoms with Crippen LogP contribution in [0.25, 0.3) is 0 Å². The summed E-state index contributed by atoms with van der Waals surface area (Å²) in [5.41, 5.74) is 1.32. The van der Waals surface area contributed by atoms with E-state index in [1.165, 1.54) is 31.2 Å². The largest absolute Gasteiger partial charge is 0.497 e. The fourth-order valence-corrected chi connectivity index (χ4v) is 3.33. The molecule has 0 amide bonds. The lowest BCUT2D eigenvalue weighted by molar-refractivity contribution is -0.131. The summed E-state index contributed by atoms with van der Waals surface area (Å²) in [4.78, 5) is 0. The van der Waals surface area contributed by atoms with Crippen LogP contribution in [0.4, 0.5) is 0 Å². The molecule has 0 bridgehead atoms. The highest BCUT2D eigenvalue weighted by Crippen LogP contribution is 2.41. The fourth-order valence-electron chi connectivity index (χ4n) is 3.33. The molecule has 0 radical (unpaired) electrons. The molecule has 1 aromatic rings. The summed E-state index contributed by atoms with van der Waals surface area (Å²) < 4.78 is 11.7. The first-order valence-electron chi connectivity index (χ1n) is 7.28. The van der Waals surface area contributed by atoms with Crippen LogP contribution in [0.1, 0.15) is 44.3 Å². The summed E-state index contributed by atoms with van der Waals surface area (Å²) >= 11 is 0. The van der Waals surface area contributed by atoms with Crippen LogP contribution in [0, 0.1) is 0 Å². The molecule has 2 fully saturated rings. The zero-order chi connectivity index (χ0) is 13.3. The second kappa shape index (κ2) is 5.14. The van der Waals surface area contributed by atoms with E-state index in [0.717, 1.165) is 12.3 Å². The number of ether oxygens (including phenoxy) is 2. The standard InChI is InChI=1S/C16H23NO2/c1-12-15(13-5-7-14(18-2)8-6-13)19-16(11-17-12)9-3-4-10-16/h5-8,12,15,17H,3-4,9-11H2,1-2H3. The van der Waals surface area contributed by atoms with E-state index >= 15 is 0 Å². The molecule has 1 saturated carbocycles. The van der Waals surface area contributed by atoms with Gasteiger partial charge in [0.2, 0.25) is 0 Å². The number of hydrogen-bond donors (Lipinski definition) is 1. The van der Waals surface area contributed by atoms with Crippen molar-refractivity contribution in [2.24, 2.45) is 0 Å². The molecule has 1 spiro atoms. The summed E-state index contributed by atoms with van der Waals surface area (Å²) in [7, 11) is 1.70. The van der Waals surface area contributed by atoms with Crippen LogP contribution >= 0.6 is 0 Å². The zero-order valence-corrected chi connectivity index (χ0v) is 11.8. The van der Waals surface area contributed by atoms with Gasteiger partial charge in [-0.05, 0) is 37.5 Å². The number of rotatable bonds is 2. The molecule has 1 aliphatic heterocycles. The van der Waals surface area contributed by atoms with Crippen LogP contribution in [-0.4, -0.2) is 25.3 Å². The predicted octanol–water partition coefficient (Wildman–Crippen LogP) is 3.06. The summed E-state index contributed by atoms with van der Waals surface area (Å²) in [5.74, 6) is 0.899. The number of morpholine rings is 1. The molecule has 1 saturated heterocycles. The quantitative estimate of drug-likeness (QED) is 0.887. The molecule has 2 atom stereocenters. The number of benzene rings is 1. The maximum absolute atomic E-state index is 6.50. The van der Waals surface area contributed by atoms with Crippen molar-refractivity contribution in [3.05, 3.63) is 29.8 Å². The van der Waals surface area contributed by atoms with E-state index in [1.54, 1.807) is 7.11 Å². The SMILES string of the molecule is COc1ccc(C2OC3(CCCC3)CNC2C)cc1. The first kappa shape index (κ1) is 12.9. The maximum Gasteiger partial charge on any atom is 0.118 e. The molecule has 0 aromatic heterocycles. The molecule has 1 N–H and O–H groups in total. The second-order valence-corrected chi connectivity index (χ2v) is 5.87. The Kier molecular flexibility index (Phi) is 3.50. The van der Waals surface area contributed by atoms with Crippen LogP contribution in [-0.2, 0) is 4.74 Å². The molecular weight excluding hydrogens is 238 g/mol. The topological polar surface area (TPSA) is 30.5 Å². The average Bonchev–Trinajstić information content (AvgIpc) is 2.90. The van der Waals surface area contributed by atoms with Crippen molar-refractivity contribution in [1.82, 2.24) is 5.32 Å². The summed E-state index contributed by atoms with van der Waals surface area (Å²) in [6.45, 7) is 3.21. The van der Waals surface area contributed by atoms with Crippen LogP contribution in [0.15, 0.2) is 24.3 Å². The maximum atomic E-state index is 6.50. The molecule has 3 nitrogen and oxygen atoms in total. The van der Waals surface area contributed by atoms with Gasteiger partial charge in [0.25, 0.3) is 0 Å². The second-order valence-electron chi connectivity index (χ2n) is 5.87. The van der Waals surface area contributed by atoms with Gasteiger partial charge < -0.3 is 14.8 Å². The third kappa shape index (κ3) is 2.49. The Labute approximate surface area is 115 Å². The molecule has 1 aliphatic carbocycles. The Morgan fingerprint density at radius 1 is 1.21 bits per heavy atom. The van der Waals surface area contributed by atoms with Crippen molar-refractivity contribution in [2.75, 3.05) is 13.7 Å². The van der Waals surface area contributed by atoms with Crippen LogP contribution < -0.4 is 10.1 Å². The highest BCUT2D eigenvalue weighted by atomic mass is 16.5. The first-order valence-corrected chi connectivity index (χ1v) is 7.28. The van der Waals surface area contributed by atoms with Gasteiger partial charge in [0.05, 0.1) is 18.8 Å². The molecule has 104 valence electrons. The normalized spacial score (nSPS) is 29.6. The van der Waals surface area contributed by atoms with Crippen molar-refractivity contribution in [3.8, 4) is 5.75 Å². The third-order valence-corrected chi connectivity index (χ3v) is 4.54. The number of nitrogens with one attached hydrogen (secondary N) is 1. The Bertz CT molecular complexity index is 423. The highest BCUT2D eigenvalue weighted by molar-refractivity contribution is 5.29. The molecule has 19 heavy (non-hydrogen) atoms. The number of hydrogen-bond acceptors (Lipinski definition) is 3. The van der Waals surface area contributed by atoms with E-state index in [9.17, 15) is 0 Å². The van der Waals surface area contributed by atoms with Crippen molar-refractivity contribution >= 4 is 0 Å². The van der Waals surface area contributed by atoms with Gasteiger partial charge in [-0.1, -0.05) is 25.0 Å². The van der Waals surface area contributed by atoms with Crippen LogP contribution in [0.3, 0.4) is 0 Å². The van der Waals surface area contributed by atoms with Gasteiger partial charge >= 0.3 is 0 Å². The Balaban J connectivity index is 1.80. The van der Waals surface area contributed by atoms with E-state index in [2.05, 4.69) is 24.4 Å². The Morgan fingerprint density at radius 2 is 1.89 bits per heavy atom. The van der Waals surface area contributed by atoms with Crippen molar-refractivity contribution < 1.29 is 9.47 Å². The van der Waals surface area contributed by atoms with Gasteiger partial charge in [0.1, 0.15) is 5.75 Å².